The molecule has 2 aliphatic rings. The molecule has 0 aliphatic carbocycles. The summed E-state index contributed by atoms with van der Waals surface area (Å²) >= 11 is 0. The van der Waals surface area contributed by atoms with Crippen LogP contribution in [0.25, 0.3) is 0 Å². The summed E-state index contributed by atoms with van der Waals surface area (Å²) in [6.07, 6.45) is 0.966. The van der Waals surface area contributed by atoms with Gasteiger partial charge in [-0.25, -0.2) is 0 Å². The van der Waals surface area contributed by atoms with Gasteiger partial charge in [0.2, 0.25) is 0 Å². The number of ether oxygens (including phenoxy) is 3. The third-order valence-electron chi connectivity index (χ3n) is 4.30. The lowest BCUT2D eigenvalue weighted by Gasteiger charge is -2.44. The predicted octanol–water partition coefficient (Wildman–Crippen LogP) is 1.20. The Morgan fingerprint density at radius 2 is 2.05 bits per heavy atom. The van der Waals surface area contributed by atoms with E-state index < -0.39 is 0 Å². The Bertz CT molecular complexity index is 491. The lowest BCUT2D eigenvalue weighted by molar-refractivity contribution is -0.100. The van der Waals surface area contributed by atoms with E-state index in [2.05, 4.69) is 17.0 Å². The zero-order chi connectivity index (χ0) is 14.1. The first kappa shape index (κ1) is 13.7. The second kappa shape index (κ2) is 5.60. The highest BCUT2D eigenvalue weighted by molar-refractivity contribution is 5.49. The summed E-state index contributed by atoms with van der Waals surface area (Å²) in [6, 6.07) is 4.33. The maximum atomic E-state index is 9.62. The summed E-state index contributed by atoms with van der Waals surface area (Å²) < 4.78 is 16.4. The van der Waals surface area contributed by atoms with Gasteiger partial charge in [0.25, 0.3) is 0 Å². The van der Waals surface area contributed by atoms with Crippen LogP contribution in [0.3, 0.4) is 0 Å². The normalized spacial score (nSPS) is 25.8. The van der Waals surface area contributed by atoms with Crippen molar-refractivity contribution in [2.75, 3.05) is 40.7 Å². The van der Waals surface area contributed by atoms with Crippen LogP contribution in [0.15, 0.2) is 12.1 Å². The molecular weight excluding hydrogens is 258 g/mol. The summed E-state index contributed by atoms with van der Waals surface area (Å²) in [7, 11) is 3.31. The van der Waals surface area contributed by atoms with Gasteiger partial charge in [0, 0.05) is 25.1 Å². The number of benzene rings is 1. The van der Waals surface area contributed by atoms with Gasteiger partial charge >= 0.3 is 0 Å². The maximum absolute atomic E-state index is 9.62. The van der Waals surface area contributed by atoms with Crippen molar-refractivity contribution in [3.05, 3.63) is 23.3 Å². The SMILES string of the molecule is COc1cc2c(cc1OC)[C@H]1[C@@H](CO)COCN1CC2. The summed E-state index contributed by atoms with van der Waals surface area (Å²) in [5.41, 5.74) is 2.51. The van der Waals surface area contributed by atoms with Crippen molar-refractivity contribution in [2.45, 2.75) is 12.5 Å². The molecule has 0 bridgehead atoms. The van der Waals surface area contributed by atoms with Crippen molar-refractivity contribution in [3.8, 4) is 11.5 Å². The molecule has 110 valence electrons. The molecule has 0 saturated carbocycles. The number of nitrogens with zero attached hydrogens (tertiary/aromatic N) is 1. The largest absolute Gasteiger partial charge is 0.493 e. The highest BCUT2D eigenvalue weighted by Gasteiger charge is 2.37. The van der Waals surface area contributed by atoms with Gasteiger partial charge in [0.1, 0.15) is 0 Å². The molecule has 0 spiro atoms. The second-order valence-electron chi connectivity index (χ2n) is 5.36. The van der Waals surface area contributed by atoms with E-state index in [4.69, 9.17) is 14.2 Å². The first-order valence-corrected chi connectivity index (χ1v) is 6.96. The Balaban J connectivity index is 2.04. The molecule has 1 fully saturated rings. The zero-order valence-electron chi connectivity index (χ0n) is 12.0. The van der Waals surface area contributed by atoms with Gasteiger partial charge in [-0.2, -0.15) is 0 Å². The van der Waals surface area contributed by atoms with E-state index in [0.717, 1.165) is 24.5 Å². The van der Waals surface area contributed by atoms with Crippen molar-refractivity contribution in [3.63, 3.8) is 0 Å². The van der Waals surface area contributed by atoms with E-state index in [1.54, 1.807) is 14.2 Å². The van der Waals surface area contributed by atoms with Gasteiger partial charge in [-0.15, -0.1) is 0 Å². The van der Waals surface area contributed by atoms with Gasteiger partial charge in [0.05, 0.1) is 27.6 Å². The lowest BCUT2D eigenvalue weighted by atomic mass is 9.84. The third-order valence-corrected chi connectivity index (χ3v) is 4.30. The van der Waals surface area contributed by atoms with Crippen LogP contribution >= 0.6 is 0 Å². The number of fused-ring (bicyclic) bond motifs is 3. The zero-order valence-corrected chi connectivity index (χ0v) is 12.0. The minimum atomic E-state index is 0.112. The van der Waals surface area contributed by atoms with E-state index in [9.17, 15) is 5.11 Å². The molecule has 1 saturated heterocycles. The van der Waals surface area contributed by atoms with Gasteiger partial charge in [-0.1, -0.05) is 0 Å². The van der Waals surface area contributed by atoms with Crippen molar-refractivity contribution < 1.29 is 19.3 Å². The topological polar surface area (TPSA) is 51.2 Å². The maximum Gasteiger partial charge on any atom is 0.161 e. The standard InChI is InChI=1S/C15H21NO4/c1-18-13-5-10-3-4-16-9-20-8-11(7-17)15(16)12(10)6-14(13)19-2/h5-6,11,15,17H,3-4,7-9H2,1-2H3/t11-,15+/m0/s1. The summed E-state index contributed by atoms with van der Waals surface area (Å²) in [6.45, 7) is 2.32. The van der Waals surface area contributed by atoms with E-state index in [1.165, 1.54) is 11.1 Å². The number of methoxy groups -OCH3 is 2. The molecule has 0 aromatic heterocycles. The first-order valence-electron chi connectivity index (χ1n) is 6.96. The Hall–Kier alpha value is -1.30. The highest BCUT2D eigenvalue weighted by atomic mass is 16.5. The Labute approximate surface area is 119 Å². The van der Waals surface area contributed by atoms with Crippen LogP contribution in [0.2, 0.25) is 0 Å². The molecule has 20 heavy (non-hydrogen) atoms. The van der Waals surface area contributed by atoms with Crippen LogP contribution in [0, 0.1) is 5.92 Å². The van der Waals surface area contributed by atoms with E-state index in [1.807, 2.05) is 0 Å². The quantitative estimate of drug-likeness (QED) is 0.901. The number of aliphatic hydroxyl groups excluding tert-OH is 1. The van der Waals surface area contributed by atoms with Crippen LogP contribution in [0.5, 0.6) is 11.5 Å². The fourth-order valence-corrected chi connectivity index (χ4v) is 3.29. The van der Waals surface area contributed by atoms with Crippen molar-refractivity contribution in [1.29, 1.82) is 0 Å². The average Bonchev–Trinajstić information content (AvgIpc) is 2.52. The molecule has 2 atom stereocenters. The molecule has 1 N–H and O–H groups in total. The van der Waals surface area contributed by atoms with Crippen molar-refractivity contribution in [2.24, 2.45) is 5.92 Å². The first-order chi connectivity index (χ1) is 9.78. The molecule has 0 radical (unpaired) electrons. The van der Waals surface area contributed by atoms with E-state index in [-0.39, 0.29) is 18.6 Å². The Morgan fingerprint density at radius 1 is 1.30 bits per heavy atom. The number of hydrogen-bond donors (Lipinski definition) is 1. The summed E-state index contributed by atoms with van der Waals surface area (Å²) in [4.78, 5) is 2.29. The molecule has 1 aromatic rings. The Morgan fingerprint density at radius 3 is 2.75 bits per heavy atom. The van der Waals surface area contributed by atoms with Gasteiger partial charge in [-0.3, -0.25) is 4.90 Å². The summed E-state index contributed by atoms with van der Waals surface area (Å²) in [5, 5.41) is 9.62. The van der Waals surface area contributed by atoms with E-state index >= 15 is 0 Å². The number of aliphatic hydroxyl groups is 1. The highest BCUT2D eigenvalue weighted by Crippen LogP contribution is 2.42. The smallest absolute Gasteiger partial charge is 0.161 e. The van der Waals surface area contributed by atoms with Crippen LogP contribution < -0.4 is 9.47 Å². The fraction of sp³-hybridized carbons (Fsp3) is 0.600. The monoisotopic (exact) mass is 279 g/mol. The third kappa shape index (κ3) is 2.16. The molecule has 2 aliphatic heterocycles. The lowest BCUT2D eigenvalue weighted by Crippen LogP contribution is -2.47. The Kier molecular flexibility index (Phi) is 3.83. The number of rotatable bonds is 3. The number of hydrogen-bond acceptors (Lipinski definition) is 5. The molecule has 1 aromatic carbocycles. The van der Waals surface area contributed by atoms with Crippen LogP contribution in [0.4, 0.5) is 0 Å². The summed E-state index contributed by atoms with van der Waals surface area (Å²) in [5.74, 6) is 1.63. The molecule has 5 heteroatoms. The fourth-order valence-electron chi connectivity index (χ4n) is 3.29. The van der Waals surface area contributed by atoms with Gasteiger partial charge in [-0.05, 0) is 29.7 Å². The molecule has 3 rings (SSSR count). The van der Waals surface area contributed by atoms with Crippen molar-refractivity contribution >= 4 is 0 Å². The molecular formula is C15H21NO4. The predicted molar refractivity (Wildman–Crippen MR) is 74.1 cm³/mol. The minimum absolute atomic E-state index is 0.112. The van der Waals surface area contributed by atoms with Crippen molar-refractivity contribution in [1.82, 2.24) is 4.90 Å². The van der Waals surface area contributed by atoms with Crippen LogP contribution in [-0.4, -0.2) is 50.7 Å². The molecule has 0 unspecified atom stereocenters. The average molecular weight is 279 g/mol. The molecule has 2 heterocycles. The van der Waals surface area contributed by atoms with Crippen LogP contribution in [0.1, 0.15) is 17.2 Å². The molecule has 0 amide bonds. The van der Waals surface area contributed by atoms with E-state index in [0.29, 0.717) is 13.3 Å². The van der Waals surface area contributed by atoms with Gasteiger partial charge < -0.3 is 19.3 Å². The second-order valence-corrected chi connectivity index (χ2v) is 5.36. The van der Waals surface area contributed by atoms with Gasteiger partial charge in [0.15, 0.2) is 11.5 Å². The molecule has 5 nitrogen and oxygen atoms in total. The van der Waals surface area contributed by atoms with Crippen LogP contribution in [-0.2, 0) is 11.2 Å². The minimum Gasteiger partial charge on any atom is -0.493 e.